The number of pyridine rings is 1. The van der Waals surface area contributed by atoms with Crippen molar-refractivity contribution in [1.29, 1.82) is 0 Å². The third-order valence-corrected chi connectivity index (χ3v) is 1.53. The van der Waals surface area contributed by atoms with E-state index in [0.29, 0.717) is 0 Å². The van der Waals surface area contributed by atoms with Crippen LogP contribution in [-0.2, 0) is 27.4 Å². The molecule has 1 rings (SSSR count). The Bertz CT molecular complexity index is 379. The fourth-order valence-corrected chi connectivity index (χ4v) is 0.906. The molecule has 0 fully saturated rings. The molecule has 0 radical (unpaired) electrons. The lowest BCUT2D eigenvalue weighted by Crippen LogP contribution is -2.07. The van der Waals surface area contributed by atoms with Crippen LogP contribution in [0.4, 0.5) is 13.2 Å². The maximum Gasteiger partial charge on any atom is 0.416 e. The summed E-state index contributed by atoms with van der Waals surface area (Å²) >= 11 is 0. The molecule has 0 spiro atoms. The molecule has 0 aliphatic rings. The highest BCUT2D eigenvalue weighted by molar-refractivity contribution is 5.65. The zero-order valence-electron chi connectivity index (χ0n) is 8.25. The maximum absolute atomic E-state index is 12.3. The number of carbonyl (C=O) groups is 1. The molecule has 0 saturated heterocycles. The van der Waals surface area contributed by atoms with Gasteiger partial charge in [0, 0.05) is 13.1 Å². The summed E-state index contributed by atoms with van der Waals surface area (Å²) in [6.07, 6.45) is -3.42. The van der Waals surface area contributed by atoms with Gasteiger partial charge in [0.2, 0.25) is 0 Å². The molecule has 0 saturated carbocycles. The van der Waals surface area contributed by atoms with E-state index in [1.54, 1.807) is 0 Å². The summed E-state index contributed by atoms with van der Waals surface area (Å²) in [5, 5.41) is 0. The molecule has 0 aliphatic heterocycles. The van der Waals surface area contributed by atoms with Crippen LogP contribution in [0.15, 0.2) is 18.3 Å². The summed E-state index contributed by atoms with van der Waals surface area (Å²) < 4.78 is 36.8. The largest absolute Gasteiger partial charge is 0.416 e. The summed E-state index contributed by atoms with van der Waals surface area (Å²) in [6.45, 7) is 0.781. The molecule has 0 N–H and O–H groups in total. The average Bonchev–Trinajstić information content (AvgIpc) is 2.16. The van der Waals surface area contributed by atoms with Crippen LogP contribution in [0, 0.1) is 0 Å². The van der Waals surface area contributed by atoms with Crippen molar-refractivity contribution in [1.82, 2.24) is 4.98 Å². The number of hydrogen-bond acceptors (Lipinski definition) is 4. The Balaban J connectivity index is 2.64. The van der Waals surface area contributed by atoms with E-state index in [1.165, 1.54) is 0 Å². The highest BCUT2D eigenvalue weighted by atomic mass is 19.4. The fraction of sp³-hybridized carbons (Fsp3) is 0.333. The van der Waals surface area contributed by atoms with Crippen LogP contribution in [0.2, 0.25) is 0 Å². The normalized spacial score (nSPS) is 11.2. The Morgan fingerprint density at radius 2 is 2.19 bits per heavy atom. The highest BCUT2D eigenvalue weighted by Gasteiger charge is 2.30. The van der Waals surface area contributed by atoms with Gasteiger partial charge in [-0.05, 0) is 12.1 Å². The number of nitrogens with zero attached hydrogens (tertiary/aromatic N) is 1. The molecule has 0 unspecified atom stereocenters. The first-order valence-corrected chi connectivity index (χ1v) is 4.22. The smallest absolute Gasteiger partial charge is 0.298 e. The Morgan fingerprint density at radius 1 is 1.50 bits per heavy atom. The third kappa shape index (κ3) is 3.85. The maximum atomic E-state index is 12.3. The van der Waals surface area contributed by atoms with Crippen molar-refractivity contribution in [3.8, 4) is 0 Å². The van der Waals surface area contributed by atoms with Gasteiger partial charge in [-0.3, -0.25) is 9.87 Å². The van der Waals surface area contributed by atoms with Gasteiger partial charge < -0.3 is 0 Å². The molecular formula is C9H8F3NO3. The minimum Gasteiger partial charge on any atom is -0.298 e. The molecule has 88 valence electrons. The second kappa shape index (κ2) is 4.93. The van der Waals surface area contributed by atoms with E-state index in [2.05, 4.69) is 14.8 Å². The van der Waals surface area contributed by atoms with Crippen LogP contribution in [-0.4, -0.2) is 11.0 Å². The summed E-state index contributed by atoms with van der Waals surface area (Å²) in [6, 6.07) is 1.67. The van der Waals surface area contributed by atoms with Gasteiger partial charge in [0.1, 0.15) is 6.61 Å². The lowest BCUT2D eigenvalue weighted by atomic mass is 10.2. The predicted molar refractivity (Wildman–Crippen MR) is 45.8 cm³/mol. The monoisotopic (exact) mass is 235 g/mol. The van der Waals surface area contributed by atoms with Crippen molar-refractivity contribution >= 4 is 5.97 Å². The van der Waals surface area contributed by atoms with Crippen LogP contribution >= 0.6 is 0 Å². The molecule has 16 heavy (non-hydrogen) atoms. The summed E-state index contributed by atoms with van der Waals surface area (Å²) in [4.78, 5) is 22.4. The number of rotatable bonds is 3. The molecule has 0 aliphatic carbocycles. The van der Waals surface area contributed by atoms with E-state index < -0.39 is 17.7 Å². The van der Waals surface area contributed by atoms with E-state index in [9.17, 15) is 18.0 Å². The zero-order valence-corrected chi connectivity index (χ0v) is 8.25. The van der Waals surface area contributed by atoms with E-state index in [0.717, 1.165) is 25.3 Å². The Hall–Kier alpha value is -1.63. The minimum atomic E-state index is -4.43. The van der Waals surface area contributed by atoms with Gasteiger partial charge in [0.05, 0.1) is 11.3 Å². The van der Waals surface area contributed by atoms with E-state index in [-0.39, 0.29) is 12.3 Å². The molecule has 7 heteroatoms. The molecule has 1 aromatic heterocycles. The number of carbonyl (C=O) groups excluding carboxylic acids is 1. The molecule has 0 atom stereocenters. The second-order valence-electron chi connectivity index (χ2n) is 2.87. The van der Waals surface area contributed by atoms with Crippen LogP contribution in [0.25, 0.3) is 0 Å². The molecule has 0 aromatic carbocycles. The Kier molecular flexibility index (Phi) is 3.83. The van der Waals surface area contributed by atoms with Gasteiger partial charge in [0.15, 0.2) is 0 Å². The van der Waals surface area contributed by atoms with Crippen molar-refractivity contribution in [3.05, 3.63) is 29.6 Å². The van der Waals surface area contributed by atoms with Crippen molar-refractivity contribution in [2.45, 2.75) is 19.7 Å². The first-order chi connectivity index (χ1) is 7.39. The second-order valence-corrected chi connectivity index (χ2v) is 2.87. The van der Waals surface area contributed by atoms with Crippen molar-refractivity contribution < 1.29 is 27.7 Å². The first-order valence-electron chi connectivity index (χ1n) is 4.22. The molecule has 1 heterocycles. The predicted octanol–water partition coefficient (Wildman–Crippen LogP) is 2.10. The van der Waals surface area contributed by atoms with Crippen molar-refractivity contribution in [2.75, 3.05) is 0 Å². The fourth-order valence-electron chi connectivity index (χ4n) is 0.906. The van der Waals surface area contributed by atoms with Gasteiger partial charge in [-0.1, -0.05) is 0 Å². The highest BCUT2D eigenvalue weighted by Crippen LogP contribution is 2.29. The number of aromatic nitrogens is 1. The van der Waals surface area contributed by atoms with E-state index in [1.807, 2.05) is 0 Å². The quantitative estimate of drug-likeness (QED) is 0.594. The number of alkyl halides is 3. The van der Waals surface area contributed by atoms with Gasteiger partial charge in [-0.15, -0.1) is 0 Å². The number of hydrogen-bond donors (Lipinski definition) is 0. The lowest BCUT2D eigenvalue weighted by molar-refractivity contribution is -0.278. The summed E-state index contributed by atoms with van der Waals surface area (Å²) in [5.74, 6) is -0.688. The molecule has 0 bridgehead atoms. The van der Waals surface area contributed by atoms with Gasteiger partial charge >= 0.3 is 12.1 Å². The average molecular weight is 235 g/mol. The van der Waals surface area contributed by atoms with Crippen molar-refractivity contribution in [2.24, 2.45) is 0 Å². The van der Waals surface area contributed by atoms with Gasteiger partial charge in [0.25, 0.3) is 0 Å². The van der Waals surface area contributed by atoms with Crippen LogP contribution in [0.3, 0.4) is 0 Å². The first kappa shape index (κ1) is 12.4. The van der Waals surface area contributed by atoms with Crippen LogP contribution in [0.5, 0.6) is 0 Å². The molecular weight excluding hydrogens is 227 g/mol. The summed E-state index contributed by atoms with van der Waals surface area (Å²) in [5.41, 5.74) is -0.806. The van der Waals surface area contributed by atoms with Gasteiger partial charge in [-0.2, -0.15) is 18.1 Å². The topological polar surface area (TPSA) is 48.4 Å². The SMILES string of the molecule is CC(=O)OOCc1cc(C(F)(F)F)ccn1. The molecule has 1 aromatic rings. The van der Waals surface area contributed by atoms with Crippen LogP contribution < -0.4 is 0 Å². The zero-order chi connectivity index (χ0) is 12.2. The minimum absolute atomic E-state index is 0.0241. The molecule has 0 amide bonds. The van der Waals surface area contributed by atoms with Gasteiger partial charge in [-0.25, -0.2) is 4.79 Å². The summed E-state index contributed by atoms with van der Waals surface area (Å²) in [7, 11) is 0. The van der Waals surface area contributed by atoms with Crippen LogP contribution in [0.1, 0.15) is 18.2 Å². The Labute approximate surface area is 88.9 Å². The van der Waals surface area contributed by atoms with E-state index >= 15 is 0 Å². The lowest BCUT2D eigenvalue weighted by Gasteiger charge is -2.07. The third-order valence-electron chi connectivity index (χ3n) is 1.53. The molecule has 4 nitrogen and oxygen atoms in total. The van der Waals surface area contributed by atoms with Crippen molar-refractivity contribution in [3.63, 3.8) is 0 Å². The Morgan fingerprint density at radius 3 is 2.75 bits per heavy atom. The van der Waals surface area contributed by atoms with E-state index in [4.69, 9.17) is 0 Å². The number of halogens is 3. The standard InChI is InChI=1S/C9H8F3NO3/c1-6(14)16-15-5-8-4-7(2-3-13-8)9(10,11)12/h2-4H,5H2,1H3.